The van der Waals surface area contributed by atoms with Crippen LogP contribution in [0.5, 0.6) is 11.5 Å². The number of hydrazone groups is 1. The smallest absolute Gasteiger partial charge is 0.249 e. The molecular weight excluding hydrogens is 402 g/mol. The minimum absolute atomic E-state index is 0.338. The summed E-state index contributed by atoms with van der Waals surface area (Å²) >= 11 is 3.37. The molecule has 26 heavy (non-hydrogen) atoms. The monoisotopic (exact) mass is 419 g/mol. The summed E-state index contributed by atoms with van der Waals surface area (Å²) in [6.45, 7) is 0. The number of amides is 2. The number of rotatable bonds is 7. The fourth-order valence-corrected chi connectivity index (χ4v) is 2.59. The number of benzene rings is 2. The SMILES string of the molecule is COc1cc(OC)c(C=NNC(=O)CC(=O)Nc2ccccc2)cc1Br. The first kappa shape index (κ1) is 19.5. The summed E-state index contributed by atoms with van der Waals surface area (Å²) in [5.41, 5.74) is 3.57. The number of methoxy groups -OCH3 is 2. The fourth-order valence-electron chi connectivity index (χ4n) is 2.07. The zero-order valence-corrected chi connectivity index (χ0v) is 15.9. The van der Waals surface area contributed by atoms with E-state index in [9.17, 15) is 9.59 Å². The highest BCUT2D eigenvalue weighted by molar-refractivity contribution is 9.10. The van der Waals surface area contributed by atoms with Gasteiger partial charge in [-0.05, 0) is 34.1 Å². The van der Waals surface area contributed by atoms with Crippen molar-refractivity contribution in [3.05, 3.63) is 52.5 Å². The van der Waals surface area contributed by atoms with E-state index in [1.807, 2.05) is 6.07 Å². The second-order valence-electron chi connectivity index (χ2n) is 5.11. The molecule has 7 nitrogen and oxygen atoms in total. The van der Waals surface area contributed by atoms with E-state index in [1.54, 1.807) is 43.5 Å². The van der Waals surface area contributed by atoms with E-state index in [0.717, 1.165) is 4.47 Å². The molecule has 0 aromatic heterocycles. The van der Waals surface area contributed by atoms with Crippen LogP contribution in [-0.4, -0.2) is 32.2 Å². The van der Waals surface area contributed by atoms with Gasteiger partial charge in [0.25, 0.3) is 0 Å². The topological polar surface area (TPSA) is 89.0 Å². The third-order valence-electron chi connectivity index (χ3n) is 3.28. The molecule has 0 aliphatic heterocycles. The molecule has 8 heteroatoms. The second-order valence-corrected chi connectivity index (χ2v) is 5.97. The zero-order chi connectivity index (χ0) is 18.9. The first-order valence-corrected chi connectivity index (χ1v) is 8.41. The largest absolute Gasteiger partial charge is 0.496 e. The van der Waals surface area contributed by atoms with Gasteiger partial charge in [-0.25, -0.2) is 5.43 Å². The molecule has 0 atom stereocenters. The van der Waals surface area contributed by atoms with Gasteiger partial charge < -0.3 is 14.8 Å². The predicted octanol–water partition coefficient (Wildman–Crippen LogP) is 2.95. The van der Waals surface area contributed by atoms with Gasteiger partial charge in [-0.1, -0.05) is 18.2 Å². The van der Waals surface area contributed by atoms with Crippen LogP contribution in [0, 0.1) is 0 Å². The van der Waals surface area contributed by atoms with Gasteiger partial charge in [0.15, 0.2) is 0 Å². The Morgan fingerprint density at radius 3 is 2.42 bits per heavy atom. The van der Waals surface area contributed by atoms with Crippen molar-refractivity contribution >= 4 is 39.6 Å². The molecular formula is C18H18BrN3O4. The van der Waals surface area contributed by atoms with Crippen LogP contribution in [0.15, 0.2) is 52.0 Å². The number of nitrogens with zero attached hydrogens (tertiary/aromatic N) is 1. The standard InChI is InChI=1S/C18H18BrN3O4/c1-25-15-9-16(26-2)14(19)8-12(15)11-20-22-18(24)10-17(23)21-13-6-4-3-5-7-13/h3-9,11H,10H2,1-2H3,(H,21,23)(H,22,24). The third-order valence-corrected chi connectivity index (χ3v) is 3.90. The molecule has 0 saturated carbocycles. The number of halogens is 1. The van der Waals surface area contributed by atoms with Gasteiger partial charge in [0.2, 0.25) is 11.8 Å². The molecule has 0 radical (unpaired) electrons. The summed E-state index contributed by atoms with van der Waals surface area (Å²) in [5, 5.41) is 6.49. The van der Waals surface area contributed by atoms with Crippen LogP contribution < -0.4 is 20.2 Å². The molecule has 2 N–H and O–H groups in total. The number of anilines is 1. The summed E-state index contributed by atoms with van der Waals surface area (Å²) in [7, 11) is 3.07. The summed E-state index contributed by atoms with van der Waals surface area (Å²) in [6.07, 6.45) is 1.09. The molecule has 0 heterocycles. The maximum Gasteiger partial charge on any atom is 0.249 e. The number of hydrogen-bond donors (Lipinski definition) is 2. The normalized spacial score (nSPS) is 10.4. The van der Waals surface area contributed by atoms with Crippen LogP contribution in [0.1, 0.15) is 12.0 Å². The van der Waals surface area contributed by atoms with Gasteiger partial charge in [-0.2, -0.15) is 5.10 Å². The third kappa shape index (κ3) is 5.59. The van der Waals surface area contributed by atoms with Crippen LogP contribution >= 0.6 is 15.9 Å². The molecule has 0 unspecified atom stereocenters. The van der Waals surface area contributed by atoms with E-state index in [2.05, 4.69) is 31.8 Å². The van der Waals surface area contributed by atoms with E-state index >= 15 is 0 Å². The quantitative estimate of drug-likeness (QED) is 0.410. The van der Waals surface area contributed by atoms with Crippen molar-refractivity contribution in [2.75, 3.05) is 19.5 Å². The van der Waals surface area contributed by atoms with Crippen LogP contribution in [0.4, 0.5) is 5.69 Å². The van der Waals surface area contributed by atoms with Crippen LogP contribution in [0.25, 0.3) is 0 Å². The Balaban J connectivity index is 1.92. The summed E-state index contributed by atoms with van der Waals surface area (Å²) in [5.74, 6) is 0.195. The Kier molecular flexibility index (Phi) is 7.16. The predicted molar refractivity (Wildman–Crippen MR) is 103 cm³/mol. The Bertz CT molecular complexity index is 810. The van der Waals surface area contributed by atoms with Gasteiger partial charge >= 0.3 is 0 Å². The molecule has 0 bridgehead atoms. The lowest BCUT2D eigenvalue weighted by atomic mass is 10.2. The van der Waals surface area contributed by atoms with E-state index in [0.29, 0.717) is 22.7 Å². The molecule has 0 fully saturated rings. The maximum absolute atomic E-state index is 11.8. The highest BCUT2D eigenvalue weighted by Gasteiger charge is 2.10. The van der Waals surface area contributed by atoms with Gasteiger partial charge in [-0.3, -0.25) is 9.59 Å². The van der Waals surface area contributed by atoms with Crippen LogP contribution in [0.3, 0.4) is 0 Å². The van der Waals surface area contributed by atoms with E-state index in [4.69, 9.17) is 9.47 Å². The molecule has 0 aliphatic rings. The fraction of sp³-hybridized carbons (Fsp3) is 0.167. The maximum atomic E-state index is 11.8. The highest BCUT2D eigenvalue weighted by Crippen LogP contribution is 2.31. The molecule has 0 spiro atoms. The number of ether oxygens (including phenoxy) is 2. The Hall–Kier alpha value is -2.87. The van der Waals surface area contributed by atoms with Crippen molar-refractivity contribution < 1.29 is 19.1 Å². The Morgan fingerprint density at radius 1 is 1.08 bits per heavy atom. The first-order valence-electron chi connectivity index (χ1n) is 7.61. The Morgan fingerprint density at radius 2 is 1.77 bits per heavy atom. The van der Waals surface area contributed by atoms with Crippen molar-refractivity contribution in [1.29, 1.82) is 0 Å². The van der Waals surface area contributed by atoms with Crippen molar-refractivity contribution in [2.24, 2.45) is 5.10 Å². The van der Waals surface area contributed by atoms with E-state index < -0.39 is 11.8 Å². The van der Waals surface area contributed by atoms with Crippen molar-refractivity contribution in [2.45, 2.75) is 6.42 Å². The minimum Gasteiger partial charge on any atom is -0.496 e. The first-order chi connectivity index (χ1) is 12.5. The average Bonchev–Trinajstić information content (AvgIpc) is 2.62. The molecule has 2 aromatic carbocycles. The number of carbonyl (C=O) groups is 2. The number of para-hydroxylation sites is 1. The number of hydrogen-bond acceptors (Lipinski definition) is 5. The Labute approximate surface area is 159 Å². The average molecular weight is 420 g/mol. The molecule has 0 aliphatic carbocycles. The van der Waals surface area contributed by atoms with E-state index in [1.165, 1.54) is 13.3 Å². The molecule has 2 amide bonds. The number of nitrogens with one attached hydrogen (secondary N) is 2. The van der Waals surface area contributed by atoms with Crippen molar-refractivity contribution in [1.82, 2.24) is 5.43 Å². The molecule has 2 rings (SSSR count). The molecule has 2 aromatic rings. The number of carbonyl (C=O) groups excluding carboxylic acids is 2. The van der Waals surface area contributed by atoms with Crippen LogP contribution in [0.2, 0.25) is 0 Å². The lowest BCUT2D eigenvalue weighted by Gasteiger charge is -2.09. The molecule has 136 valence electrons. The summed E-state index contributed by atoms with van der Waals surface area (Å²) in [6, 6.07) is 12.3. The lowest BCUT2D eigenvalue weighted by Crippen LogP contribution is -2.24. The van der Waals surface area contributed by atoms with Crippen molar-refractivity contribution in [3.63, 3.8) is 0 Å². The van der Waals surface area contributed by atoms with Crippen molar-refractivity contribution in [3.8, 4) is 11.5 Å². The summed E-state index contributed by atoms with van der Waals surface area (Å²) in [4.78, 5) is 23.6. The van der Waals surface area contributed by atoms with E-state index in [-0.39, 0.29) is 6.42 Å². The zero-order valence-electron chi connectivity index (χ0n) is 14.3. The van der Waals surface area contributed by atoms with Crippen LogP contribution in [-0.2, 0) is 9.59 Å². The van der Waals surface area contributed by atoms with Gasteiger partial charge in [0.1, 0.15) is 17.9 Å². The van der Waals surface area contributed by atoms with Gasteiger partial charge in [0.05, 0.1) is 24.9 Å². The lowest BCUT2D eigenvalue weighted by molar-refractivity contribution is -0.126. The van der Waals surface area contributed by atoms with Gasteiger partial charge in [-0.15, -0.1) is 0 Å². The highest BCUT2D eigenvalue weighted by atomic mass is 79.9. The molecule has 0 saturated heterocycles. The van der Waals surface area contributed by atoms with Gasteiger partial charge in [0, 0.05) is 17.3 Å². The summed E-state index contributed by atoms with van der Waals surface area (Å²) < 4.78 is 11.2. The minimum atomic E-state index is -0.527. The second kappa shape index (κ2) is 9.57.